The Morgan fingerprint density at radius 3 is 2.29 bits per heavy atom. The van der Waals surface area contributed by atoms with Gasteiger partial charge in [-0.15, -0.1) is 0 Å². The van der Waals surface area contributed by atoms with Crippen molar-refractivity contribution in [3.63, 3.8) is 0 Å². The molecule has 2 N–H and O–H groups in total. The Morgan fingerprint density at radius 1 is 1.29 bits per heavy atom. The third-order valence-electron chi connectivity index (χ3n) is 1.88. The van der Waals surface area contributed by atoms with Gasteiger partial charge in [-0.05, 0) is 19.9 Å². The predicted octanol–water partition coefficient (Wildman–Crippen LogP) is 0.926. The van der Waals surface area contributed by atoms with Crippen molar-refractivity contribution in [2.75, 3.05) is 26.8 Å². The Labute approximate surface area is 81.2 Å². The molecule has 0 amide bonds. The summed E-state index contributed by atoms with van der Waals surface area (Å²) >= 11 is 0. The van der Waals surface area contributed by atoms with Gasteiger partial charge in [0.25, 0.3) is 0 Å². The fourth-order valence-corrected chi connectivity index (χ4v) is 0.773. The lowest BCUT2D eigenvalue weighted by Crippen LogP contribution is -2.44. The van der Waals surface area contributed by atoms with Crippen LogP contribution >= 0.6 is 0 Å². The third-order valence-corrected chi connectivity index (χ3v) is 1.88. The minimum absolute atomic E-state index is 0.107. The molecule has 0 saturated heterocycles. The fourth-order valence-electron chi connectivity index (χ4n) is 0.773. The first kappa shape index (κ1) is 13.7. The van der Waals surface area contributed by atoms with Crippen molar-refractivity contribution in [2.45, 2.75) is 25.1 Å². The first-order valence-corrected chi connectivity index (χ1v) is 4.30. The van der Waals surface area contributed by atoms with Gasteiger partial charge in [0, 0.05) is 13.7 Å². The number of alkyl halides is 3. The zero-order valence-corrected chi connectivity index (χ0v) is 8.32. The predicted molar refractivity (Wildman–Crippen MR) is 46.0 cm³/mol. The lowest BCUT2D eigenvalue weighted by molar-refractivity contribution is -0.254. The van der Waals surface area contributed by atoms with E-state index in [1.54, 1.807) is 0 Å². The largest absolute Gasteiger partial charge is 0.416 e. The van der Waals surface area contributed by atoms with E-state index in [2.05, 4.69) is 5.32 Å². The minimum atomic E-state index is -4.57. The summed E-state index contributed by atoms with van der Waals surface area (Å²) in [4.78, 5) is 0. The molecule has 0 radical (unpaired) electrons. The van der Waals surface area contributed by atoms with Gasteiger partial charge in [0.1, 0.15) is 0 Å². The van der Waals surface area contributed by atoms with Crippen molar-refractivity contribution in [1.29, 1.82) is 0 Å². The Bertz CT molecular complexity index is 159. The zero-order valence-electron chi connectivity index (χ0n) is 8.32. The minimum Gasteiger partial charge on any atom is -0.383 e. The van der Waals surface area contributed by atoms with E-state index in [1.165, 1.54) is 7.11 Å². The van der Waals surface area contributed by atoms with Gasteiger partial charge in [-0.1, -0.05) is 0 Å². The second kappa shape index (κ2) is 5.53. The number of methoxy groups -OCH3 is 1. The van der Waals surface area contributed by atoms with Crippen LogP contribution in [-0.4, -0.2) is 43.7 Å². The first-order valence-electron chi connectivity index (χ1n) is 4.30. The summed E-state index contributed by atoms with van der Waals surface area (Å²) in [6, 6.07) is 0. The summed E-state index contributed by atoms with van der Waals surface area (Å²) in [7, 11) is 1.51. The molecule has 0 aromatic rings. The lowest BCUT2D eigenvalue weighted by Gasteiger charge is -2.26. The maximum atomic E-state index is 12.1. The Hall–Kier alpha value is -0.330. The lowest BCUT2D eigenvalue weighted by atomic mass is 10.0. The summed E-state index contributed by atoms with van der Waals surface area (Å²) in [5.41, 5.74) is -2.62. The van der Waals surface area contributed by atoms with Gasteiger partial charge in [-0.25, -0.2) is 0 Å². The van der Waals surface area contributed by atoms with Gasteiger partial charge >= 0.3 is 6.18 Å². The number of hydrogen-bond acceptors (Lipinski definition) is 3. The van der Waals surface area contributed by atoms with Crippen LogP contribution in [0.25, 0.3) is 0 Å². The van der Waals surface area contributed by atoms with Crippen molar-refractivity contribution >= 4 is 0 Å². The van der Waals surface area contributed by atoms with Gasteiger partial charge in [-0.2, -0.15) is 13.2 Å². The number of rotatable bonds is 6. The monoisotopic (exact) mass is 215 g/mol. The van der Waals surface area contributed by atoms with Gasteiger partial charge in [-0.3, -0.25) is 0 Å². The number of aliphatic hydroxyl groups is 1. The molecule has 0 bridgehead atoms. The summed E-state index contributed by atoms with van der Waals surface area (Å²) < 4.78 is 41.0. The highest BCUT2D eigenvalue weighted by molar-refractivity contribution is 4.81. The van der Waals surface area contributed by atoms with E-state index in [1.807, 2.05) is 0 Å². The smallest absolute Gasteiger partial charge is 0.383 e. The Morgan fingerprint density at radius 2 is 1.86 bits per heavy atom. The summed E-state index contributed by atoms with van der Waals surface area (Å²) in [6.45, 7) is 1.79. The molecular formula is C8H16F3NO2. The SMILES string of the molecule is COCCNCCC(C)(O)C(F)(F)F. The quantitative estimate of drug-likeness (QED) is 0.647. The summed E-state index contributed by atoms with van der Waals surface area (Å²) in [5.74, 6) is 0. The van der Waals surface area contributed by atoms with Crippen molar-refractivity contribution in [3.8, 4) is 0 Å². The molecule has 0 aliphatic carbocycles. The van der Waals surface area contributed by atoms with E-state index in [9.17, 15) is 13.2 Å². The molecule has 0 aromatic heterocycles. The molecule has 0 saturated carbocycles. The fraction of sp³-hybridized carbons (Fsp3) is 1.00. The standard InChI is InChI=1S/C8H16F3NO2/c1-7(13,8(9,10)11)3-4-12-5-6-14-2/h12-13H,3-6H2,1-2H3. The van der Waals surface area contributed by atoms with Crippen LogP contribution in [-0.2, 0) is 4.74 Å². The summed E-state index contributed by atoms with van der Waals surface area (Å²) in [6.07, 6.45) is -4.93. The van der Waals surface area contributed by atoms with Crippen molar-refractivity contribution in [1.82, 2.24) is 5.32 Å². The van der Waals surface area contributed by atoms with E-state index >= 15 is 0 Å². The topological polar surface area (TPSA) is 41.5 Å². The molecule has 6 heteroatoms. The highest BCUT2D eigenvalue weighted by atomic mass is 19.4. The molecule has 0 rings (SSSR count). The molecule has 0 heterocycles. The van der Waals surface area contributed by atoms with Crippen molar-refractivity contribution < 1.29 is 23.0 Å². The van der Waals surface area contributed by atoms with Crippen LogP contribution in [0.15, 0.2) is 0 Å². The van der Waals surface area contributed by atoms with Gasteiger partial charge in [0.2, 0.25) is 0 Å². The van der Waals surface area contributed by atoms with Crippen molar-refractivity contribution in [3.05, 3.63) is 0 Å². The van der Waals surface area contributed by atoms with E-state index in [-0.39, 0.29) is 13.0 Å². The van der Waals surface area contributed by atoms with Crippen LogP contribution < -0.4 is 5.32 Å². The molecule has 0 aliphatic rings. The number of hydrogen-bond donors (Lipinski definition) is 2. The average molecular weight is 215 g/mol. The Balaban J connectivity index is 3.67. The Kier molecular flexibility index (Phi) is 5.40. The molecule has 0 aromatic carbocycles. The van der Waals surface area contributed by atoms with Crippen LogP contribution in [0, 0.1) is 0 Å². The van der Waals surface area contributed by atoms with E-state index in [4.69, 9.17) is 9.84 Å². The number of nitrogens with one attached hydrogen (secondary N) is 1. The molecule has 1 unspecified atom stereocenters. The third kappa shape index (κ3) is 4.78. The number of halogens is 3. The molecule has 14 heavy (non-hydrogen) atoms. The van der Waals surface area contributed by atoms with Gasteiger partial charge < -0.3 is 15.2 Å². The van der Waals surface area contributed by atoms with Crippen LogP contribution in [0.4, 0.5) is 13.2 Å². The molecule has 0 aliphatic heterocycles. The van der Waals surface area contributed by atoms with Crippen LogP contribution in [0.3, 0.4) is 0 Å². The van der Waals surface area contributed by atoms with Crippen LogP contribution in [0.5, 0.6) is 0 Å². The highest BCUT2D eigenvalue weighted by Crippen LogP contribution is 2.31. The summed E-state index contributed by atoms with van der Waals surface area (Å²) in [5, 5.41) is 11.7. The molecular weight excluding hydrogens is 199 g/mol. The maximum Gasteiger partial charge on any atom is 0.416 e. The van der Waals surface area contributed by atoms with Crippen molar-refractivity contribution in [2.24, 2.45) is 0 Å². The van der Waals surface area contributed by atoms with Gasteiger partial charge in [0.15, 0.2) is 5.60 Å². The molecule has 0 fully saturated rings. The molecule has 1 atom stereocenters. The van der Waals surface area contributed by atoms with Crippen LogP contribution in [0.2, 0.25) is 0 Å². The second-order valence-corrected chi connectivity index (χ2v) is 3.26. The molecule has 0 spiro atoms. The normalized spacial score (nSPS) is 16.7. The zero-order chi connectivity index (χ0) is 11.2. The van der Waals surface area contributed by atoms with E-state index < -0.39 is 11.8 Å². The highest BCUT2D eigenvalue weighted by Gasteiger charge is 2.49. The van der Waals surface area contributed by atoms with E-state index in [0.717, 1.165) is 6.92 Å². The number of ether oxygens (including phenoxy) is 1. The molecule has 3 nitrogen and oxygen atoms in total. The average Bonchev–Trinajstić information content (AvgIpc) is 2.02. The van der Waals surface area contributed by atoms with Gasteiger partial charge in [0.05, 0.1) is 6.61 Å². The van der Waals surface area contributed by atoms with Crippen LogP contribution in [0.1, 0.15) is 13.3 Å². The van der Waals surface area contributed by atoms with E-state index in [0.29, 0.717) is 13.2 Å². The molecule has 86 valence electrons. The first-order chi connectivity index (χ1) is 6.31. The second-order valence-electron chi connectivity index (χ2n) is 3.26. The maximum absolute atomic E-state index is 12.1.